The van der Waals surface area contributed by atoms with Crippen molar-refractivity contribution in [2.24, 2.45) is 0 Å². The Hall–Kier alpha value is -0.740. The number of methoxy groups -OCH3 is 1. The number of hydrogen-bond donors (Lipinski definition) is 2. The number of rotatable bonds is 3. The van der Waals surface area contributed by atoms with Crippen LogP contribution in [0, 0.1) is 5.82 Å². The molecule has 4 heteroatoms. The summed E-state index contributed by atoms with van der Waals surface area (Å²) in [5.74, 6) is -0.0258. The Morgan fingerprint density at radius 3 is 2.77 bits per heavy atom. The van der Waals surface area contributed by atoms with Crippen LogP contribution in [0.4, 0.5) is 4.39 Å². The smallest absolute Gasteiger partial charge is 0.165 e. The van der Waals surface area contributed by atoms with Gasteiger partial charge in [-0.3, -0.25) is 0 Å². The largest absolute Gasteiger partial charge is 0.494 e. The fraction of sp³-hybridized carbons (Fsp3) is 0.333. The van der Waals surface area contributed by atoms with Gasteiger partial charge in [-0.05, 0) is 17.7 Å². The quantitative estimate of drug-likeness (QED) is 0.732. The second kappa shape index (κ2) is 4.48. The van der Waals surface area contributed by atoms with Crippen molar-refractivity contribution in [3.63, 3.8) is 0 Å². The Bertz CT molecular complexity index is 291. The Kier molecular flexibility index (Phi) is 3.57. The Morgan fingerprint density at radius 1 is 1.62 bits per heavy atom. The number of thiol groups is 1. The predicted molar refractivity (Wildman–Crippen MR) is 51.8 cm³/mol. The first-order valence-corrected chi connectivity index (χ1v) is 4.44. The molecule has 0 aliphatic heterocycles. The van der Waals surface area contributed by atoms with Crippen LogP contribution in [0.5, 0.6) is 5.75 Å². The zero-order chi connectivity index (χ0) is 9.84. The minimum atomic E-state index is -0.733. The maximum Gasteiger partial charge on any atom is 0.165 e. The van der Waals surface area contributed by atoms with Gasteiger partial charge in [0.1, 0.15) is 0 Å². The molecule has 0 saturated heterocycles. The van der Waals surface area contributed by atoms with Crippen molar-refractivity contribution >= 4 is 12.6 Å². The molecule has 0 heterocycles. The lowest BCUT2D eigenvalue weighted by molar-refractivity contribution is 0.204. The third-order valence-electron chi connectivity index (χ3n) is 1.73. The molecule has 0 spiro atoms. The molecule has 1 aromatic carbocycles. The number of benzene rings is 1. The molecular weight excluding hydrogens is 191 g/mol. The van der Waals surface area contributed by atoms with Crippen molar-refractivity contribution in [1.82, 2.24) is 0 Å². The molecule has 1 atom stereocenters. The third-order valence-corrected chi connectivity index (χ3v) is 2.08. The summed E-state index contributed by atoms with van der Waals surface area (Å²) in [6, 6.07) is 4.35. The number of ether oxygens (including phenoxy) is 1. The summed E-state index contributed by atoms with van der Waals surface area (Å²) in [5.41, 5.74) is 0.508. The summed E-state index contributed by atoms with van der Waals surface area (Å²) in [6.45, 7) is 0. The first kappa shape index (κ1) is 10.3. The molecule has 1 rings (SSSR count). The molecule has 1 aromatic rings. The summed E-state index contributed by atoms with van der Waals surface area (Å²) in [7, 11) is 1.40. The van der Waals surface area contributed by atoms with E-state index in [0.29, 0.717) is 5.56 Å². The lowest BCUT2D eigenvalue weighted by Gasteiger charge is -2.08. The van der Waals surface area contributed by atoms with E-state index in [1.807, 2.05) is 0 Å². The van der Waals surface area contributed by atoms with Gasteiger partial charge in [-0.2, -0.15) is 12.6 Å². The normalized spacial score (nSPS) is 12.6. The first-order chi connectivity index (χ1) is 6.19. The van der Waals surface area contributed by atoms with Gasteiger partial charge in [-0.25, -0.2) is 4.39 Å². The number of aliphatic hydroxyl groups is 1. The monoisotopic (exact) mass is 202 g/mol. The fourth-order valence-corrected chi connectivity index (χ4v) is 1.21. The fourth-order valence-electron chi connectivity index (χ4n) is 0.995. The summed E-state index contributed by atoms with van der Waals surface area (Å²) >= 11 is 3.91. The average molecular weight is 202 g/mol. The van der Waals surface area contributed by atoms with Crippen LogP contribution >= 0.6 is 12.6 Å². The van der Waals surface area contributed by atoms with Crippen molar-refractivity contribution in [1.29, 1.82) is 0 Å². The highest BCUT2D eigenvalue weighted by Crippen LogP contribution is 2.22. The molecule has 0 bridgehead atoms. The Labute approximate surface area is 81.8 Å². The molecule has 1 N–H and O–H groups in total. The highest BCUT2D eigenvalue weighted by atomic mass is 32.1. The minimum Gasteiger partial charge on any atom is -0.494 e. The summed E-state index contributed by atoms with van der Waals surface area (Å²) < 4.78 is 17.8. The van der Waals surface area contributed by atoms with Gasteiger partial charge in [0.2, 0.25) is 0 Å². The van der Waals surface area contributed by atoms with Gasteiger partial charge in [0, 0.05) is 5.75 Å². The average Bonchev–Trinajstić information content (AvgIpc) is 2.16. The van der Waals surface area contributed by atoms with Crippen LogP contribution in [0.25, 0.3) is 0 Å². The third kappa shape index (κ3) is 2.35. The minimum absolute atomic E-state index is 0.176. The number of halogens is 1. The second-order valence-corrected chi connectivity index (χ2v) is 2.96. The maximum atomic E-state index is 13.1. The molecule has 0 amide bonds. The summed E-state index contributed by atoms with van der Waals surface area (Å²) in [5, 5.41) is 9.33. The molecular formula is C9H11FO2S. The Morgan fingerprint density at radius 2 is 2.31 bits per heavy atom. The predicted octanol–water partition coefficient (Wildman–Crippen LogP) is 1.80. The molecule has 1 unspecified atom stereocenters. The lowest BCUT2D eigenvalue weighted by atomic mass is 10.1. The highest BCUT2D eigenvalue weighted by molar-refractivity contribution is 7.80. The van der Waals surface area contributed by atoms with Gasteiger partial charge in [-0.15, -0.1) is 0 Å². The van der Waals surface area contributed by atoms with Gasteiger partial charge < -0.3 is 9.84 Å². The summed E-state index contributed by atoms with van der Waals surface area (Å²) in [6.07, 6.45) is -0.733. The van der Waals surface area contributed by atoms with Gasteiger partial charge in [0.25, 0.3) is 0 Å². The molecule has 72 valence electrons. The van der Waals surface area contributed by atoms with Crippen molar-refractivity contribution < 1.29 is 14.2 Å². The van der Waals surface area contributed by atoms with Crippen LogP contribution in [0.3, 0.4) is 0 Å². The topological polar surface area (TPSA) is 29.5 Å². The van der Waals surface area contributed by atoms with Gasteiger partial charge in [0.15, 0.2) is 11.6 Å². The van der Waals surface area contributed by atoms with E-state index in [2.05, 4.69) is 12.6 Å². The zero-order valence-corrected chi connectivity index (χ0v) is 8.09. The van der Waals surface area contributed by atoms with Gasteiger partial charge >= 0.3 is 0 Å². The number of aliphatic hydroxyl groups excluding tert-OH is 1. The van der Waals surface area contributed by atoms with Crippen molar-refractivity contribution in [3.8, 4) is 5.75 Å². The van der Waals surface area contributed by atoms with Crippen LogP contribution in [-0.2, 0) is 0 Å². The number of hydrogen-bond acceptors (Lipinski definition) is 3. The molecule has 0 aliphatic rings. The van der Waals surface area contributed by atoms with Crippen LogP contribution in [0.15, 0.2) is 18.2 Å². The van der Waals surface area contributed by atoms with E-state index in [9.17, 15) is 9.50 Å². The SMILES string of the molecule is COc1ccc(C(O)CS)cc1F. The lowest BCUT2D eigenvalue weighted by Crippen LogP contribution is -1.99. The van der Waals surface area contributed by atoms with Gasteiger partial charge in [-0.1, -0.05) is 6.07 Å². The van der Waals surface area contributed by atoms with Crippen LogP contribution < -0.4 is 4.74 Å². The van der Waals surface area contributed by atoms with Crippen LogP contribution in [0.1, 0.15) is 11.7 Å². The van der Waals surface area contributed by atoms with Crippen LogP contribution in [0.2, 0.25) is 0 Å². The molecule has 0 radical (unpaired) electrons. The molecule has 0 saturated carbocycles. The maximum absolute atomic E-state index is 13.1. The van der Waals surface area contributed by atoms with E-state index in [1.54, 1.807) is 6.07 Å². The highest BCUT2D eigenvalue weighted by Gasteiger charge is 2.08. The first-order valence-electron chi connectivity index (χ1n) is 3.81. The van der Waals surface area contributed by atoms with E-state index in [0.717, 1.165) is 0 Å². The molecule has 2 nitrogen and oxygen atoms in total. The molecule has 0 aliphatic carbocycles. The van der Waals surface area contributed by atoms with Gasteiger partial charge in [0.05, 0.1) is 13.2 Å². The molecule has 0 fully saturated rings. The van der Waals surface area contributed by atoms with E-state index >= 15 is 0 Å². The van der Waals surface area contributed by atoms with E-state index in [4.69, 9.17) is 4.74 Å². The van der Waals surface area contributed by atoms with Crippen LogP contribution in [-0.4, -0.2) is 18.0 Å². The second-order valence-electron chi connectivity index (χ2n) is 2.59. The van der Waals surface area contributed by atoms with E-state index < -0.39 is 11.9 Å². The van der Waals surface area contributed by atoms with Crippen molar-refractivity contribution in [2.45, 2.75) is 6.10 Å². The standard InChI is InChI=1S/C9H11FO2S/c1-12-9-3-2-6(4-7(9)10)8(11)5-13/h2-4,8,11,13H,5H2,1H3. The van der Waals surface area contributed by atoms with E-state index in [1.165, 1.54) is 19.2 Å². The summed E-state index contributed by atoms with van der Waals surface area (Å²) in [4.78, 5) is 0. The molecule has 13 heavy (non-hydrogen) atoms. The van der Waals surface area contributed by atoms with E-state index in [-0.39, 0.29) is 11.5 Å². The molecule has 0 aromatic heterocycles. The van der Waals surface area contributed by atoms with Crippen molar-refractivity contribution in [2.75, 3.05) is 12.9 Å². The van der Waals surface area contributed by atoms with Crippen molar-refractivity contribution in [3.05, 3.63) is 29.6 Å². The zero-order valence-electron chi connectivity index (χ0n) is 7.20. The Balaban J connectivity index is 2.95.